The summed E-state index contributed by atoms with van der Waals surface area (Å²) in [4.78, 5) is 14.0. The van der Waals surface area contributed by atoms with E-state index in [0.29, 0.717) is 6.54 Å². The van der Waals surface area contributed by atoms with Gasteiger partial charge >= 0.3 is 49.4 Å². The molecule has 0 radical (unpaired) electrons. The van der Waals surface area contributed by atoms with Crippen molar-refractivity contribution in [3.63, 3.8) is 0 Å². The average molecular weight is 1080 g/mol. The van der Waals surface area contributed by atoms with Crippen molar-refractivity contribution in [2.24, 2.45) is 0 Å². The Morgan fingerprint density at radius 2 is 0.603 bits per heavy atom. The van der Waals surface area contributed by atoms with E-state index >= 15 is 0 Å². The first-order valence-electron chi connectivity index (χ1n) is 19.4. The van der Waals surface area contributed by atoms with Crippen LogP contribution in [0.4, 0.5) is 111 Å². The van der Waals surface area contributed by atoms with E-state index in [2.05, 4.69) is 4.98 Å². The Hall–Kier alpha value is -7.04. The topological polar surface area (TPSA) is 59.9 Å². The van der Waals surface area contributed by atoms with E-state index in [1.165, 1.54) is 12.1 Å². The second-order valence-electron chi connectivity index (χ2n) is 15.6. The number of aromatic nitrogens is 2. The molecular weight excluding hydrogens is 1060 g/mol. The number of benzene rings is 5. The maximum Gasteiger partial charge on any atom is 0.416 e. The Kier molecular flexibility index (Phi) is 15.1. The number of alkyl halides is 24. The van der Waals surface area contributed by atoms with Crippen LogP contribution in [-0.2, 0) is 56.0 Å². The summed E-state index contributed by atoms with van der Waals surface area (Å²) in [6.07, 6.45) is -47.7. The van der Waals surface area contributed by atoms with Crippen molar-refractivity contribution in [3.05, 3.63) is 182 Å². The molecule has 0 amide bonds. The fourth-order valence-corrected chi connectivity index (χ4v) is 7.46. The molecule has 5 nitrogen and oxygen atoms in total. The molecule has 0 atom stereocenters. The summed E-state index contributed by atoms with van der Waals surface area (Å²) >= 11 is 0. The number of hydrogen-bond donors (Lipinski definition) is 0. The highest BCUT2D eigenvalue weighted by Gasteiger charge is 2.47. The van der Waals surface area contributed by atoms with Gasteiger partial charge in [0.2, 0.25) is 0 Å². The van der Waals surface area contributed by atoms with Crippen LogP contribution in [0.5, 0.6) is 0 Å². The van der Waals surface area contributed by atoms with Gasteiger partial charge in [-0.2, -0.15) is 132 Å². The quantitative estimate of drug-likeness (QED) is 0.0526. The van der Waals surface area contributed by atoms with Crippen LogP contribution in [0, 0.1) is 10.1 Å². The number of non-ortho nitro benzene ring substituents is 1. The molecule has 30 heteroatoms. The van der Waals surface area contributed by atoms with E-state index in [1.54, 1.807) is 24.5 Å². The van der Waals surface area contributed by atoms with Gasteiger partial charge in [0.1, 0.15) is 6.15 Å². The number of rotatable bonds is 7. The van der Waals surface area contributed by atoms with Gasteiger partial charge in [0.25, 0.3) is 5.69 Å². The molecule has 6 rings (SSSR count). The van der Waals surface area contributed by atoms with Crippen molar-refractivity contribution in [2.75, 3.05) is 0 Å². The molecular formula is C43H22BF24N3O2. The molecule has 0 aliphatic rings. The molecule has 0 unspecified atom stereocenters. The SMILES string of the molecule is FC(F)(F)c1cc([B-](c2cc(C(F)(F)F)cc(C(F)(F)F)c2)(c2cc(C(F)(F)F)cc(C(F)(F)F)c2)c2cc(C(F)(F)F)cc(C(F)(F)F)c2)cc(C(F)(F)F)c1.O=[N+]([O-])c1ccc(C[n+]2ccncc2)cc1. The second-order valence-corrected chi connectivity index (χ2v) is 15.6. The minimum atomic E-state index is -6.13. The third-order valence-corrected chi connectivity index (χ3v) is 10.6. The molecule has 392 valence electrons. The van der Waals surface area contributed by atoms with E-state index in [1.807, 2.05) is 17.0 Å². The Balaban J connectivity index is 0.000000520. The van der Waals surface area contributed by atoms with Gasteiger partial charge in [-0.05, 0) is 36.4 Å². The fourth-order valence-electron chi connectivity index (χ4n) is 7.46. The normalized spacial score (nSPS) is 13.4. The fraction of sp³-hybridized carbons (Fsp3) is 0.209. The molecule has 0 N–H and O–H groups in total. The zero-order valence-electron chi connectivity index (χ0n) is 35.1. The van der Waals surface area contributed by atoms with Crippen LogP contribution in [0.25, 0.3) is 0 Å². The summed E-state index contributed by atoms with van der Waals surface area (Å²) < 4.78 is 343. The molecule has 1 heterocycles. The van der Waals surface area contributed by atoms with E-state index in [4.69, 9.17) is 0 Å². The molecule has 0 saturated carbocycles. The maximum absolute atomic E-state index is 14.2. The predicted molar refractivity (Wildman–Crippen MR) is 207 cm³/mol. The van der Waals surface area contributed by atoms with Crippen LogP contribution < -0.4 is 26.4 Å². The van der Waals surface area contributed by atoms with Crippen molar-refractivity contribution in [3.8, 4) is 0 Å². The minimum absolute atomic E-state index is 0.114. The van der Waals surface area contributed by atoms with Gasteiger partial charge in [-0.1, -0.05) is 48.5 Å². The number of nitrogens with zero attached hydrogens (tertiary/aromatic N) is 3. The van der Waals surface area contributed by atoms with Crippen molar-refractivity contribution >= 4 is 33.7 Å². The Labute approximate surface area is 391 Å². The second kappa shape index (κ2) is 19.4. The standard InChI is InChI=1S/C32H12BF24.C11H10N3O2/c34-25(35,36)13-1-14(26(37,38)39)6-21(5-13)33(22-7-15(27(40,41)42)2-16(8-22)28(43,44)45,23-9-17(29(46,47)48)3-18(10-23)30(49,50)51)24-11-19(31(52,53)54)4-20(12-24)32(55,56)57;15-14(16)11-3-1-10(2-4-11)9-13-7-5-12-6-8-13/h1-12H;1-8H,9H2/q-1;+1. The largest absolute Gasteiger partial charge is 0.416 e. The van der Waals surface area contributed by atoms with Gasteiger partial charge in [0.05, 0.1) is 61.8 Å². The van der Waals surface area contributed by atoms with Crippen LogP contribution in [0.1, 0.15) is 50.1 Å². The smallest absolute Gasteiger partial charge is 0.258 e. The minimum Gasteiger partial charge on any atom is -0.258 e. The third kappa shape index (κ3) is 13.3. The van der Waals surface area contributed by atoms with Crippen molar-refractivity contribution < 1.29 is 115 Å². The molecule has 6 aromatic rings. The van der Waals surface area contributed by atoms with Gasteiger partial charge in [0.15, 0.2) is 18.9 Å². The first-order chi connectivity index (χ1) is 33.0. The zero-order valence-corrected chi connectivity index (χ0v) is 35.1. The van der Waals surface area contributed by atoms with Crippen LogP contribution >= 0.6 is 0 Å². The van der Waals surface area contributed by atoms with Crippen molar-refractivity contribution in [2.45, 2.75) is 56.0 Å². The summed E-state index contributed by atoms with van der Waals surface area (Å²) in [7, 11) is 0. The molecule has 0 spiro atoms. The Morgan fingerprint density at radius 1 is 0.384 bits per heavy atom. The number of hydrogen-bond acceptors (Lipinski definition) is 3. The van der Waals surface area contributed by atoms with Gasteiger partial charge in [0, 0.05) is 17.7 Å². The van der Waals surface area contributed by atoms with Crippen LogP contribution in [0.15, 0.2) is 122 Å². The Bertz CT molecular complexity index is 2520. The molecule has 0 saturated heterocycles. The lowest BCUT2D eigenvalue weighted by Gasteiger charge is -2.46. The summed E-state index contributed by atoms with van der Waals surface area (Å²) in [6.45, 7) is 0.681. The van der Waals surface area contributed by atoms with E-state index < -0.39 is 200 Å². The first-order valence-corrected chi connectivity index (χ1v) is 19.4. The highest BCUT2D eigenvalue weighted by molar-refractivity contribution is 7.20. The lowest BCUT2D eigenvalue weighted by molar-refractivity contribution is -0.688. The lowest BCUT2D eigenvalue weighted by Crippen LogP contribution is -2.75. The summed E-state index contributed by atoms with van der Waals surface area (Å²) in [5.74, 6) is 0. The zero-order chi connectivity index (χ0) is 55.3. The number of nitro benzene ring substituents is 1. The van der Waals surface area contributed by atoms with Gasteiger partial charge in [-0.3, -0.25) is 15.1 Å². The van der Waals surface area contributed by atoms with Gasteiger partial charge in [-0.25, -0.2) is 0 Å². The van der Waals surface area contributed by atoms with Gasteiger partial charge < -0.3 is 0 Å². The van der Waals surface area contributed by atoms with Crippen molar-refractivity contribution in [1.29, 1.82) is 0 Å². The van der Waals surface area contributed by atoms with E-state index in [9.17, 15) is 115 Å². The first kappa shape index (κ1) is 56.9. The Morgan fingerprint density at radius 3 is 0.795 bits per heavy atom. The molecule has 0 aliphatic carbocycles. The third-order valence-electron chi connectivity index (χ3n) is 10.6. The average Bonchev–Trinajstić information content (AvgIpc) is 3.25. The van der Waals surface area contributed by atoms with Gasteiger partial charge in [-0.15, -0.1) is 0 Å². The molecule has 0 aliphatic heterocycles. The van der Waals surface area contributed by atoms with Crippen LogP contribution in [0.2, 0.25) is 0 Å². The summed E-state index contributed by atoms with van der Waals surface area (Å²) in [6, 6.07) is -2.28. The monoisotopic (exact) mass is 1080 g/mol. The van der Waals surface area contributed by atoms with E-state index in [-0.39, 0.29) is 5.69 Å². The summed E-state index contributed by atoms with van der Waals surface area (Å²) in [5, 5.41) is 10.5. The number of nitro groups is 1. The maximum atomic E-state index is 14.2. The highest BCUT2D eigenvalue weighted by atomic mass is 19.4. The van der Waals surface area contributed by atoms with Crippen LogP contribution in [-0.4, -0.2) is 16.1 Å². The molecule has 73 heavy (non-hydrogen) atoms. The van der Waals surface area contributed by atoms with Crippen LogP contribution in [0.3, 0.4) is 0 Å². The lowest BCUT2D eigenvalue weighted by atomic mass is 9.12. The number of halogens is 24. The highest BCUT2D eigenvalue weighted by Crippen LogP contribution is 2.41. The van der Waals surface area contributed by atoms with Crippen molar-refractivity contribution in [1.82, 2.24) is 4.98 Å². The van der Waals surface area contributed by atoms with E-state index in [0.717, 1.165) is 5.56 Å². The molecule has 0 bridgehead atoms. The predicted octanol–water partition coefficient (Wildman–Crippen LogP) is 12.5. The summed E-state index contributed by atoms with van der Waals surface area (Å²) in [5.41, 5.74) is -29.1. The molecule has 1 aromatic heterocycles. The molecule has 0 fully saturated rings. The molecule has 5 aromatic carbocycles.